The van der Waals surface area contributed by atoms with Gasteiger partial charge < -0.3 is 15.4 Å². The summed E-state index contributed by atoms with van der Waals surface area (Å²) in [5.74, 6) is 0.595. The Morgan fingerprint density at radius 2 is 2.25 bits per heavy atom. The number of ether oxygens (including phenoxy) is 1. The van der Waals surface area contributed by atoms with E-state index in [9.17, 15) is 13.2 Å². The third kappa shape index (κ3) is 4.72. The molecule has 136 valence electrons. The molecule has 5 nitrogen and oxygen atoms in total. The first-order valence-corrected chi connectivity index (χ1v) is 8.55. The Bertz CT molecular complexity index is 581. The monoisotopic (exact) mass is 476 g/mol. The molecule has 0 spiro atoms. The number of aliphatic imine (C=N–C) groups is 1. The Labute approximate surface area is 159 Å². The molecule has 10 heteroatoms. The smallest absolute Gasteiger partial charge is 0.373 e. The third-order valence-electron chi connectivity index (χ3n) is 3.99. The van der Waals surface area contributed by atoms with Crippen molar-refractivity contribution in [3.8, 4) is 0 Å². The van der Waals surface area contributed by atoms with Crippen LogP contribution >= 0.6 is 35.3 Å². The normalized spacial score (nSPS) is 26.3. The molecule has 0 aliphatic carbocycles. The van der Waals surface area contributed by atoms with Crippen LogP contribution in [0.2, 0.25) is 0 Å². The Hall–Kier alpha value is -0.620. The zero-order chi connectivity index (χ0) is 16.4. The minimum absolute atomic E-state index is 0. The Morgan fingerprint density at radius 3 is 2.79 bits per heavy atom. The van der Waals surface area contributed by atoms with Gasteiger partial charge in [0.25, 0.3) is 0 Å². The molecule has 1 aromatic rings. The van der Waals surface area contributed by atoms with E-state index in [0.717, 1.165) is 36.0 Å². The topological polar surface area (TPSA) is 58.5 Å². The number of nitrogens with one attached hydrogen (secondary N) is 2. The molecular formula is C14H20F3IN4OS. The van der Waals surface area contributed by atoms with Gasteiger partial charge in [0.15, 0.2) is 11.7 Å². The second-order valence-electron chi connectivity index (χ2n) is 5.68. The van der Waals surface area contributed by atoms with E-state index in [2.05, 4.69) is 20.6 Å². The van der Waals surface area contributed by atoms with Gasteiger partial charge in [0.05, 0.1) is 24.8 Å². The summed E-state index contributed by atoms with van der Waals surface area (Å²) in [5, 5.41) is 7.81. The minimum atomic E-state index is -4.40. The fourth-order valence-corrected chi connectivity index (χ4v) is 3.67. The van der Waals surface area contributed by atoms with Gasteiger partial charge in [0.1, 0.15) is 5.01 Å². The summed E-state index contributed by atoms with van der Waals surface area (Å²) >= 11 is 0.973. The number of aromatic nitrogens is 1. The maximum Gasteiger partial charge on any atom is 0.434 e. The third-order valence-corrected chi connectivity index (χ3v) is 4.82. The summed E-state index contributed by atoms with van der Waals surface area (Å²) in [4.78, 5) is 7.94. The first-order chi connectivity index (χ1) is 11.0. The molecule has 24 heavy (non-hydrogen) atoms. The zero-order valence-electron chi connectivity index (χ0n) is 13.1. The second kappa shape index (κ2) is 8.17. The van der Waals surface area contributed by atoms with E-state index in [1.54, 1.807) is 0 Å². The molecule has 3 unspecified atom stereocenters. The van der Waals surface area contributed by atoms with E-state index in [4.69, 9.17) is 4.74 Å². The van der Waals surface area contributed by atoms with Crippen molar-refractivity contribution in [3.63, 3.8) is 0 Å². The molecule has 2 bridgehead atoms. The standard InChI is InChI=1S/C14H19F3N4OS.HI/c1-2-18-13(20-9-5-8-3-4-10(9)22-8)19-6-12-21-11(7-23-12)14(15,16)17;/h7-10H,2-6H2,1H3,(H2,18,19,20);1H. The molecule has 2 fully saturated rings. The second-order valence-corrected chi connectivity index (χ2v) is 6.62. The van der Waals surface area contributed by atoms with Crippen molar-refractivity contribution in [1.29, 1.82) is 0 Å². The quantitative estimate of drug-likeness (QED) is 0.399. The number of halogens is 4. The van der Waals surface area contributed by atoms with Gasteiger partial charge in [-0.25, -0.2) is 9.98 Å². The number of hydrogen-bond donors (Lipinski definition) is 2. The minimum Gasteiger partial charge on any atom is -0.373 e. The fraction of sp³-hybridized carbons (Fsp3) is 0.714. The lowest BCUT2D eigenvalue weighted by Gasteiger charge is -2.22. The maximum atomic E-state index is 12.5. The first-order valence-electron chi connectivity index (χ1n) is 7.67. The summed E-state index contributed by atoms with van der Waals surface area (Å²) in [7, 11) is 0. The highest BCUT2D eigenvalue weighted by molar-refractivity contribution is 14.0. The van der Waals surface area contributed by atoms with Gasteiger partial charge in [0, 0.05) is 11.9 Å². The predicted octanol–water partition coefficient (Wildman–Crippen LogP) is 3.15. The van der Waals surface area contributed by atoms with Crippen molar-refractivity contribution < 1.29 is 17.9 Å². The maximum absolute atomic E-state index is 12.5. The number of alkyl halides is 3. The molecule has 1 aromatic heterocycles. The van der Waals surface area contributed by atoms with Crippen LogP contribution < -0.4 is 10.6 Å². The van der Waals surface area contributed by atoms with Gasteiger partial charge in [-0.3, -0.25) is 0 Å². The molecule has 0 saturated carbocycles. The van der Waals surface area contributed by atoms with Crippen LogP contribution in [0.1, 0.15) is 36.9 Å². The van der Waals surface area contributed by atoms with Crippen LogP contribution in [-0.4, -0.2) is 35.7 Å². The predicted molar refractivity (Wildman–Crippen MR) is 96.8 cm³/mol. The number of rotatable bonds is 4. The van der Waals surface area contributed by atoms with Crippen molar-refractivity contribution in [2.45, 2.75) is 57.2 Å². The summed E-state index contributed by atoms with van der Waals surface area (Å²) < 4.78 is 43.4. The van der Waals surface area contributed by atoms with Gasteiger partial charge in [0.2, 0.25) is 0 Å². The van der Waals surface area contributed by atoms with Gasteiger partial charge in [-0.15, -0.1) is 35.3 Å². The highest BCUT2D eigenvalue weighted by atomic mass is 127. The van der Waals surface area contributed by atoms with Crippen LogP contribution in [0.25, 0.3) is 0 Å². The Kier molecular flexibility index (Phi) is 6.71. The van der Waals surface area contributed by atoms with Crippen molar-refractivity contribution >= 4 is 41.3 Å². The van der Waals surface area contributed by atoms with E-state index in [0.29, 0.717) is 23.6 Å². The Morgan fingerprint density at radius 1 is 1.46 bits per heavy atom. The summed E-state index contributed by atoms with van der Waals surface area (Å²) in [6.07, 6.45) is -0.764. The van der Waals surface area contributed by atoms with E-state index in [-0.39, 0.29) is 42.7 Å². The SMILES string of the molecule is CCNC(=NCc1nc(C(F)(F)F)cs1)NC1CC2CCC1O2.I. The number of hydrogen-bond acceptors (Lipinski definition) is 4. The number of fused-ring (bicyclic) bond motifs is 2. The molecular weight excluding hydrogens is 456 g/mol. The van der Waals surface area contributed by atoms with Gasteiger partial charge >= 0.3 is 6.18 Å². The van der Waals surface area contributed by atoms with Crippen LogP contribution in [-0.2, 0) is 17.5 Å². The Balaban J connectivity index is 0.00000208. The molecule has 2 aliphatic heterocycles. The summed E-state index contributed by atoms with van der Waals surface area (Å²) in [6, 6.07) is 0.216. The van der Waals surface area contributed by atoms with E-state index < -0.39 is 11.9 Å². The fourth-order valence-electron chi connectivity index (χ4n) is 2.95. The van der Waals surface area contributed by atoms with Crippen molar-refractivity contribution in [2.24, 2.45) is 4.99 Å². The molecule has 0 aromatic carbocycles. The molecule has 3 rings (SSSR count). The molecule has 0 amide bonds. The van der Waals surface area contributed by atoms with Gasteiger partial charge in [-0.05, 0) is 26.2 Å². The molecule has 3 heterocycles. The van der Waals surface area contributed by atoms with Crippen LogP contribution in [0.4, 0.5) is 13.2 Å². The summed E-state index contributed by atoms with van der Waals surface area (Å²) in [6.45, 7) is 2.75. The molecule has 2 saturated heterocycles. The van der Waals surface area contributed by atoms with Crippen molar-refractivity contribution in [1.82, 2.24) is 15.6 Å². The van der Waals surface area contributed by atoms with Crippen LogP contribution in [0.15, 0.2) is 10.4 Å². The molecule has 0 radical (unpaired) electrons. The molecule has 2 aliphatic rings. The number of guanidine groups is 1. The van der Waals surface area contributed by atoms with Crippen LogP contribution in [0.3, 0.4) is 0 Å². The molecule has 3 atom stereocenters. The zero-order valence-corrected chi connectivity index (χ0v) is 16.2. The lowest BCUT2D eigenvalue weighted by Crippen LogP contribution is -2.47. The average molecular weight is 476 g/mol. The van der Waals surface area contributed by atoms with Gasteiger partial charge in [-0.1, -0.05) is 0 Å². The number of nitrogens with zero attached hydrogens (tertiary/aromatic N) is 2. The lowest BCUT2D eigenvalue weighted by molar-refractivity contribution is -0.140. The van der Waals surface area contributed by atoms with E-state index >= 15 is 0 Å². The van der Waals surface area contributed by atoms with Crippen LogP contribution in [0, 0.1) is 0 Å². The number of thiazole rings is 1. The lowest BCUT2D eigenvalue weighted by atomic mass is 9.96. The van der Waals surface area contributed by atoms with Crippen LogP contribution in [0.5, 0.6) is 0 Å². The van der Waals surface area contributed by atoms with Gasteiger partial charge in [-0.2, -0.15) is 13.2 Å². The highest BCUT2D eigenvalue weighted by Gasteiger charge is 2.41. The largest absolute Gasteiger partial charge is 0.434 e. The highest BCUT2D eigenvalue weighted by Crippen LogP contribution is 2.34. The summed E-state index contributed by atoms with van der Waals surface area (Å²) in [5.41, 5.74) is -0.854. The van der Waals surface area contributed by atoms with Crippen molar-refractivity contribution in [3.05, 3.63) is 16.1 Å². The first kappa shape index (κ1) is 19.7. The average Bonchev–Trinajstić information content (AvgIpc) is 3.20. The van der Waals surface area contributed by atoms with E-state index in [1.807, 2.05) is 6.92 Å². The van der Waals surface area contributed by atoms with Crippen molar-refractivity contribution in [2.75, 3.05) is 6.54 Å². The van der Waals surface area contributed by atoms with E-state index in [1.165, 1.54) is 0 Å². The molecule has 2 N–H and O–H groups in total.